The molecule has 184 valence electrons. The molecule has 0 spiro atoms. The third kappa shape index (κ3) is 6.16. The fraction of sp³-hybridized carbons (Fsp3) is 0.375. The lowest BCUT2D eigenvalue weighted by molar-refractivity contribution is 0.611. The summed E-state index contributed by atoms with van der Waals surface area (Å²) in [5.74, 6) is 0. The number of rotatable bonds is 0. The summed E-state index contributed by atoms with van der Waals surface area (Å²) in [5.41, 5.74) is 24.1. The molecule has 0 saturated heterocycles. The van der Waals surface area contributed by atoms with E-state index in [2.05, 4.69) is 80.6 Å². The Bertz CT molecular complexity index is 1170. The van der Waals surface area contributed by atoms with Crippen LogP contribution in [0.25, 0.3) is 0 Å². The van der Waals surface area contributed by atoms with E-state index in [4.69, 9.17) is 0 Å². The zero-order valence-corrected chi connectivity index (χ0v) is 21.1. The highest BCUT2D eigenvalue weighted by atomic mass is 14.9. The minimum Gasteiger partial charge on any atom is -0.312 e. The molecule has 0 unspecified atom stereocenters. The van der Waals surface area contributed by atoms with Gasteiger partial charge in [0, 0.05) is 70.8 Å². The largest absolute Gasteiger partial charge is 0.312 e. The average Bonchev–Trinajstić information content (AvgIpc) is 3.13. The zero-order valence-electron chi connectivity index (χ0n) is 21.1. The maximum atomic E-state index is 3.67. The van der Waals surface area contributed by atoms with Crippen LogP contribution in [0, 0.1) is 0 Å². The minimum atomic E-state index is 0.834. The number of hydrogen-bond acceptors (Lipinski definition) is 4. The van der Waals surface area contributed by atoms with Crippen LogP contribution >= 0.6 is 0 Å². The van der Waals surface area contributed by atoms with Crippen molar-refractivity contribution in [3.63, 3.8) is 0 Å². The lowest BCUT2D eigenvalue weighted by Crippen LogP contribution is -2.22. The minimum absolute atomic E-state index is 0.834. The van der Waals surface area contributed by atoms with Crippen LogP contribution in [0.5, 0.6) is 0 Å². The monoisotopic (exact) mass is 476 g/mol. The molecule has 0 aromatic heterocycles. The standard InChI is InChI=1S/C32H36N4/c1-3-11-29-25-19-26(30(29)12-4-1)22-34-16-8-10-18-36-24-28-20-27(23-35-17-9-7-15-33-21-25)31-13-5-2-6-14-32(28)31/h1-6,11,13,33-36H,7-10,15-18,21-24H2. The van der Waals surface area contributed by atoms with Gasteiger partial charge in [-0.1, -0.05) is 36.5 Å². The summed E-state index contributed by atoms with van der Waals surface area (Å²) >= 11 is 0. The number of hydrogen-bond donors (Lipinski definition) is 4. The van der Waals surface area contributed by atoms with Gasteiger partial charge < -0.3 is 21.3 Å². The summed E-state index contributed by atoms with van der Waals surface area (Å²) in [6, 6.07) is 0. The third-order valence-electron chi connectivity index (χ3n) is 6.91. The molecule has 0 fully saturated rings. The Morgan fingerprint density at radius 3 is 1.28 bits per heavy atom. The zero-order chi connectivity index (χ0) is 24.4. The lowest BCUT2D eigenvalue weighted by Gasteiger charge is -2.11. The van der Waals surface area contributed by atoms with E-state index in [0.717, 1.165) is 78.0 Å². The van der Waals surface area contributed by atoms with Gasteiger partial charge in [-0.2, -0.15) is 0 Å². The fourth-order valence-corrected chi connectivity index (χ4v) is 5.02. The van der Waals surface area contributed by atoms with Crippen LogP contribution in [-0.4, -0.2) is 52.4 Å². The SMILES string of the molecule is C1=C2CNCCCCNCC3=C=C(CNCCCCNCC=1C1=CC=CC=C=C21)C1=CC=CC=C=C31. The molecule has 5 aliphatic rings. The van der Waals surface area contributed by atoms with Gasteiger partial charge >= 0.3 is 0 Å². The Labute approximate surface area is 215 Å². The van der Waals surface area contributed by atoms with Crippen LogP contribution in [0.1, 0.15) is 25.7 Å². The molecule has 5 rings (SSSR count). The first-order valence-electron chi connectivity index (χ1n) is 13.4. The van der Waals surface area contributed by atoms with E-state index in [1.165, 1.54) is 44.6 Å². The molecule has 0 aromatic carbocycles. The molecule has 1 aliphatic heterocycles. The van der Waals surface area contributed by atoms with Crippen molar-refractivity contribution < 1.29 is 0 Å². The molecule has 4 bridgehead atoms. The maximum Gasteiger partial charge on any atom is 0.0369 e. The Kier molecular flexibility index (Phi) is 8.68. The second-order valence-corrected chi connectivity index (χ2v) is 9.59. The Balaban J connectivity index is 1.22. The average molecular weight is 477 g/mol. The van der Waals surface area contributed by atoms with Gasteiger partial charge in [0.25, 0.3) is 0 Å². The van der Waals surface area contributed by atoms with E-state index in [9.17, 15) is 0 Å². The van der Waals surface area contributed by atoms with Crippen molar-refractivity contribution in [2.24, 2.45) is 0 Å². The first-order chi connectivity index (χ1) is 17.9. The van der Waals surface area contributed by atoms with Crippen molar-refractivity contribution in [3.05, 3.63) is 116 Å². The molecule has 1 heterocycles. The summed E-state index contributed by atoms with van der Waals surface area (Å²) in [5, 5.41) is 14.5. The van der Waals surface area contributed by atoms with Crippen LogP contribution in [0.2, 0.25) is 0 Å². The molecule has 0 radical (unpaired) electrons. The van der Waals surface area contributed by atoms with Gasteiger partial charge in [0.15, 0.2) is 0 Å². The van der Waals surface area contributed by atoms with Crippen molar-refractivity contribution in [3.8, 4) is 0 Å². The Morgan fingerprint density at radius 1 is 0.472 bits per heavy atom. The molecule has 0 saturated carbocycles. The normalized spacial score (nSPS) is 23.1. The van der Waals surface area contributed by atoms with Crippen LogP contribution in [-0.2, 0) is 0 Å². The molecule has 4 aliphatic carbocycles. The van der Waals surface area contributed by atoms with Gasteiger partial charge in [0.1, 0.15) is 0 Å². The van der Waals surface area contributed by atoms with Crippen molar-refractivity contribution in [1.82, 2.24) is 21.3 Å². The number of allylic oxidation sites excluding steroid dienone is 6. The second kappa shape index (κ2) is 12.7. The summed E-state index contributed by atoms with van der Waals surface area (Å²) < 4.78 is 0. The molecule has 4 nitrogen and oxygen atoms in total. The van der Waals surface area contributed by atoms with Crippen molar-refractivity contribution in [2.75, 3.05) is 52.4 Å². The van der Waals surface area contributed by atoms with E-state index >= 15 is 0 Å². The lowest BCUT2D eigenvalue weighted by atomic mass is 10.00. The smallest absolute Gasteiger partial charge is 0.0369 e. The van der Waals surface area contributed by atoms with Gasteiger partial charge in [0.05, 0.1) is 0 Å². The van der Waals surface area contributed by atoms with Gasteiger partial charge in [-0.3, -0.25) is 0 Å². The third-order valence-corrected chi connectivity index (χ3v) is 6.91. The van der Waals surface area contributed by atoms with Gasteiger partial charge in [-0.25, -0.2) is 0 Å². The van der Waals surface area contributed by atoms with E-state index in [1.807, 2.05) is 12.2 Å². The van der Waals surface area contributed by atoms with Crippen LogP contribution in [0.15, 0.2) is 116 Å². The molecule has 0 atom stereocenters. The fourth-order valence-electron chi connectivity index (χ4n) is 5.02. The Morgan fingerprint density at radius 2 is 0.861 bits per heavy atom. The first kappa shape index (κ1) is 24.6. The van der Waals surface area contributed by atoms with E-state index in [-0.39, 0.29) is 0 Å². The molecule has 0 amide bonds. The van der Waals surface area contributed by atoms with Gasteiger partial charge in [0.2, 0.25) is 0 Å². The van der Waals surface area contributed by atoms with Crippen LogP contribution in [0.4, 0.5) is 0 Å². The molecular formula is C32H36N4. The predicted octanol–water partition coefficient (Wildman–Crippen LogP) is 4.00. The summed E-state index contributed by atoms with van der Waals surface area (Å²) in [6.45, 7) is 7.37. The quantitative estimate of drug-likeness (QED) is 0.399. The van der Waals surface area contributed by atoms with Crippen molar-refractivity contribution >= 4 is 0 Å². The van der Waals surface area contributed by atoms with E-state index in [1.54, 1.807) is 0 Å². The highest BCUT2D eigenvalue weighted by Gasteiger charge is 2.22. The predicted molar refractivity (Wildman–Crippen MR) is 149 cm³/mol. The van der Waals surface area contributed by atoms with Gasteiger partial charge in [-0.15, -0.1) is 22.9 Å². The van der Waals surface area contributed by atoms with Crippen LogP contribution < -0.4 is 21.3 Å². The highest BCUT2D eigenvalue weighted by molar-refractivity contribution is 5.65. The maximum absolute atomic E-state index is 3.67. The number of nitrogens with one attached hydrogen (secondary N) is 4. The first-order valence-corrected chi connectivity index (χ1v) is 13.4. The van der Waals surface area contributed by atoms with E-state index in [0.29, 0.717) is 0 Å². The van der Waals surface area contributed by atoms with E-state index < -0.39 is 0 Å². The van der Waals surface area contributed by atoms with Gasteiger partial charge in [-0.05, 0) is 64.0 Å². The molecule has 4 heteroatoms. The highest BCUT2D eigenvalue weighted by Crippen LogP contribution is 2.32. The van der Waals surface area contributed by atoms with Crippen molar-refractivity contribution in [2.45, 2.75) is 25.7 Å². The van der Waals surface area contributed by atoms with Crippen LogP contribution in [0.3, 0.4) is 0 Å². The van der Waals surface area contributed by atoms with Crippen molar-refractivity contribution in [1.29, 1.82) is 0 Å². The molecule has 0 aromatic rings. The summed E-state index contributed by atoms with van der Waals surface area (Å²) in [4.78, 5) is 0. The summed E-state index contributed by atoms with van der Waals surface area (Å²) in [6.07, 6.45) is 21.3. The topological polar surface area (TPSA) is 48.1 Å². The number of fused-ring (bicyclic) bond motifs is 6. The molecule has 4 N–H and O–H groups in total. The second-order valence-electron chi connectivity index (χ2n) is 9.59. The molecular weight excluding hydrogens is 440 g/mol. The summed E-state index contributed by atoms with van der Waals surface area (Å²) in [7, 11) is 0. The Hall–Kier alpha value is -3.12. The molecule has 36 heavy (non-hydrogen) atoms.